The van der Waals surface area contributed by atoms with Crippen LogP contribution < -0.4 is 0 Å². The Bertz CT molecular complexity index is 312. The minimum absolute atomic E-state index is 1.14. The van der Waals surface area contributed by atoms with E-state index in [4.69, 9.17) is 0 Å². The molecule has 0 heterocycles. The third kappa shape index (κ3) is 3.22. The van der Waals surface area contributed by atoms with Crippen molar-refractivity contribution in [2.45, 2.75) is 33.6 Å². The highest BCUT2D eigenvalue weighted by Crippen LogP contribution is 2.33. The third-order valence-electron chi connectivity index (χ3n) is 2.35. The predicted octanol–water partition coefficient (Wildman–Crippen LogP) is 4.82. The van der Waals surface area contributed by atoms with E-state index in [1.54, 1.807) is 11.8 Å². The van der Waals surface area contributed by atoms with E-state index in [2.05, 4.69) is 45.6 Å². The van der Waals surface area contributed by atoms with Gasteiger partial charge in [0.15, 0.2) is 0 Å². The Kier molecular flexibility index (Phi) is 4.27. The fourth-order valence-corrected chi connectivity index (χ4v) is 2.06. The van der Waals surface area contributed by atoms with Crippen molar-refractivity contribution in [3.63, 3.8) is 0 Å². The van der Waals surface area contributed by atoms with Crippen molar-refractivity contribution in [2.75, 3.05) is 0 Å². The average molecular weight is 206 g/mol. The van der Waals surface area contributed by atoms with Crippen LogP contribution in [0, 0.1) is 0 Å². The van der Waals surface area contributed by atoms with Crippen molar-refractivity contribution in [1.82, 2.24) is 0 Å². The second-order valence-electron chi connectivity index (χ2n) is 3.74. The molecule has 0 nitrogen and oxygen atoms in total. The lowest BCUT2D eigenvalue weighted by atomic mass is 10.1. The van der Waals surface area contributed by atoms with E-state index in [-0.39, 0.29) is 0 Å². The molecule has 0 aromatic carbocycles. The summed E-state index contributed by atoms with van der Waals surface area (Å²) in [5, 5.41) is 0. The summed E-state index contributed by atoms with van der Waals surface area (Å²) in [5.41, 5.74) is 2.77. The Hall–Kier alpha value is -0.690. The Morgan fingerprint density at radius 1 is 1.36 bits per heavy atom. The van der Waals surface area contributed by atoms with Gasteiger partial charge >= 0.3 is 0 Å². The summed E-state index contributed by atoms with van der Waals surface area (Å²) in [6.45, 7) is 10.6. The van der Waals surface area contributed by atoms with Crippen LogP contribution in [-0.4, -0.2) is 0 Å². The Morgan fingerprint density at radius 3 is 2.57 bits per heavy atom. The van der Waals surface area contributed by atoms with Gasteiger partial charge in [-0.25, -0.2) is 0 Å². The molecule has 1 heteroatoms. The van der Waals surface area contributed by atoms with Gasteiger partial charge in [-0.2, -0.15) is 0 Å². The topological polar surface area (TPSA) is 0 Å². The van der Waals surface area contributed by atoms with E-state index < -0.39 is 0 Å². The van der Waals surface area contributed by atoms with Crippen LogP contribution in [0.25, 0.3) is 0 Å². The molecule has 14 heavy (non-hydrogen) atoms. The molecule has 0 spiro atoms. The predicted molar refractivity (Wildman–Crippen MR) is 67.2 cm³/mol. The van der Waals surface area contributed by atoms with Crippen molar-refractivity contribution in [3.8, 4) is 0 Å². The van der Waals surface area contributed by atoms with Gasteiger partial charge in [-0.1, -0.05) is 42.1 Å². The first-order valence-electron chi connectivity index (χ1n) is 4.98. The summed E-state index contributed by atoms with van der Waals surface area (Å²) in [4.78, 5) is 2.57. The van der Waals surface area contributed by atoms with Crippen LogP contribution in [0.4, 0.5) is 0 Å². The molecule has 0 aliphatic heterocycles. The lowest BCUT2D eigenvalue weighted by Gasteiger charge is -2.12. The summed E-state index contributed by atoms with van der Waals surface area (Å²) >= 11 is 1.80. The summed E-state index contributed by atoms with van der Waals surface area (Å²) in [5.74, 6) is 0. The molecule has 0 fully saturated rings. The monoisotopic (exact) mass is 206 g/mol. The molecule has 0 amide bonds. The summed E-state index contributed by atoms with van der Waals surface area (Å²) < 4.78 is 0. The van der Waals surface area contributed by atoms with Crippen LogP contribution in [0.15, 0.2) is 45.8 Å². The first kappa shape index (κ1) is 11.4. The Morgan fingerprint density at radius 2 is 2.07 bits per heavy atom. The molecule has 0 saturated carbocycles. The van der Waals surface area contributed by atoms with Crippen LogP contribution in [0.1, 0.15) is 33.6 Å². The van der Waals surface area contributed by atoms with Gasteiger partial charge in [0, 0.05) is 4.91 Å². The minimum Gasteiger partial charge on any atom is -0.0953 e. The Labute approximate surface area is 91.5 Å². The number of thioether (sulfide) groups is 1. The zero-order chi connectivity index (χ0) is 10.6. The maximum absolute atomic E-state index is 4.13. The van der Waals surface area contributed by atoms with Gasteiger partial charge in [-0.15, -0.1) is 0 Å². The van der Waals surface area contributed by atoms with Gasteiger partial charge in [0.05, 0.1) is 0 Å². The molecule has 0 radical (unpaired) electrons. The maximum atomic E-state index is 4.13. The van der Waals surface area contributed by atoms with Crippen molar-refractivity contribution in [1.29, 1.82) is 0 Å². The van der Waals surface area contributed by atoms with Gasteiger partial charge < -0.3 is 0 Å². The molecule has 0 atom stereocenters. The fourth-order valence-electron chi connectivity index (χ4n) is 1.19. The van der Waals surface area contributed by atoms with E-state index in [0.29, 0.717) is 0 Å². The Balaban J connectivity index is 2.63. The molecule has 1 rings (SSSR count). The second kappa shape index (κ2) is 5.26. The number of hydrogen-bond acceptors (Lipinski definition) is 1. The molecule has 0 saturated heterocycles. The van der Waals surface area contributed by atoms with Gasteiger partial charge in [-0.05, 0) is 44.1 Å². The second-order valence-corrected chi connectivity index (χ2v) is 5.05. The summed E-state index contributed by atoms with van der Waals surface area (Å²) in [6.07, 6.45) is 8.80. The molecule has 0 unspecified atom stereocenters. The molecule has 1 aliphatic rings. The molecular formula is C13H18S. The van der Waals surface area contributed by atoms with Gasteiger partial charge in [0.25, 0.3) is 0 Å². The quantitative estimate of drug-likeness (QED) is 0.637. The highest BCUT2D eigenvalue weighted by Gasteiger charge is 2.06. The van der Waals surface area contributed by atoms with E-state index >= 15 is 0 Å². The first-order chi connectivity index (χ1) is 6.61. The fraction of sp³-hybridized carbons (Fsp3) is 0.385. The largest absolute Gasteiger partial charge is 0.0953 e. The van der Waals surface area contributed by atoms with E-state index in [1.807, 2.05) is 0 Å². The molecular weight excluding hydrogens is 188 g/mol. The van der Waals surface area contributed by atoms with Crippen molar-refractivity contribution in [2.24, 2.45) is 0 Å². The van der Waals surface area contributed by atoms with E-state index in [1.165, 1.54) is 21.0 Å². The minimum atomic E-state index is 1.14. The van der Waals surface area contributed by atoms with Crippen molar-refractivity contribution in [3.05, 3.63) is 45.8 Å². The number of hydrogen-bond donors (Lipinski definition) is 0. The van der Waals surface area contributed by atoms with Crippen LogP contribution in [-0.2, 0) is 0 Å². The molecule has 0 N–H and O–H groups in total. The average Bonchev–Trinajstić information content (AvgIpc) is 2.19. The molecule has 1 aliphatic carbocycles. The number of allylic oxidation sites excluding steroid dienone is 6. The molecule has 76 valence electrons. The van der Waals surface area contributed by atoms with Crippen LogP contribution in [0.2, 0.25) is 0 Å². The van der Waals surface area contributed by atoms with Crippen molar-refractivity contribution >= 4 is 11.8 Å². The SMILES string of the molecule is C=C(SC(C)=C(C)C)C1=CC=CCC1. The smallest absolute Gasteiger partial charge is 0.00787 e. The normalized spacial score (nSPS) is 14.9. The lowest BCUT2D eigenvalue weighted by molar-refractivity contribution is 0.988. The van der Waals surface area contributed by atoms with Gasteiger partial charge in [0.2, 0.25) is 0 Å². The van der Waals surface area contributed by atoms with Crippen LogP contribution in [0.5, 0.6) is 0 Å². The molecule has 0 aromatic heterocycles. The standard InChI is InChI=1S/C13H18S/c1-10(2)11(3)14-12(4)13-8-6-5-7-9-13/h5-6,8H,4,7,9H2,1-3H3. The van der Waals surface area contributed by atoms with Crippen LogP contribution >= 0.6 is 11.8 Å². The molecule has 0 bridgehead atoms. The third-order valence-corrected chi connectivity index (χ3v) is 3.58. The zero-order valence-electron chi connectivity index (χ0n) is 9.26. The summed E-state index contributed by atoms with van der Waals surface area (Å²) in [6, 6.07) is 0. The number of rotatable bonds is 3. The zero-order valence-corrected chi connectivity index (χ0v) is 10.1. The molecule has 0 aromatic rings. The van der Waals surface area contributed by atoms with Gasteiger partial charge in [0.1, 0.15) is 0 Å². The summed E-state index contributed by atoms with van der Waals surface area (Å²) in [7, 11) is 0. The van der Waals surface area contributed by atoms with Gasteiger partial charge in [-0.3, -0.25) is 0 Å². The van der Waals surface area contributed by atoms with Crippen LogP contribution in [0.3, 0.4) is 0 Å². The lowest BCUT2D eigenvalue weighted by Crippen LogP contribution is -1.88. The highest BCUT2D eigenvalue weighted by molar-refractivity contribution is 8.06. The van der Waals surface area contributed by atoms with E-state index in [0.717, 1.165) is 12.8 Å². The van der Waals surface area contributed by atoms with E-state index in [9.17, 15) is 0 Å². The first-order valence-corrected chi connectivity index (χ1v) is 5.80. The van der Waals surface area contributed by atoms with Crippen molar-refractivity contribution < 1.29 is 0 Å². The maximum Gasteiger partial charge on any atom is 0.00787 e. The highest BCUT2D eigenvalue weighted by atomic mass is 32.2.